The maximum absolute atomic E-state index is 10.9. The van der Waals surface area contributed by atoms with E-state index in [1.165, 1.54) is 31.2 Å². The second-order valence-corrected chi connectivity index (χ2v) is 6.56. The van der Waals surface area contributed by atoms with Gasteiger partial charge in [-0.1, -0.05) is 44.0 Å². The van der Waals surface area contributed by atoms with Gasteiger partial charge in [0.05, 0.1) is 5.92 Å². The Balaban J connectivity index is 1.75. The van der Waals surface area contributed by atoms with Crippen molar-refractivity contribution in [1.29, 1.82) is 0 Å². The van der Waals surface area contributed by atoms with E-state index in [1.807, 2.05) is 24.3 Å². The fourth-order valence-electron chi connectivity index (χ4n) is 3.02. The third-order valence-corrected chi connectivity index (χ3v) is 4.75. The summed E-state index contributed by atoms with van der Waals surface area (Å²) in [5.74, 6) is 0.529. The van der Waals surface area contributed by atoms with E-state index >= 15 is 0 Å². The minimum absolute atomic E-state index is 0.434. The Bertz CT molecular complexity index is 447. The molecule has 3 nitrogen and oxygen atoms in total. The van der Waals surface area contributed by atoms with E-state index in [4.69, 9.17) is 5.11 Å². The van der Waals surface area contributed by atoms with Crippen molar-refractivity contribution in [2.45, 2.75) is 52.0 Å². The van der Waals surface area contributed by atoms with E-state index in [0.29, 0.717) is 0 Å². The summed E-state index contributed by atoms with van der Waals surface area (Å²) in [7, 11) is 0. The lowest BCUT2D eigenvalue weighted by Gasteiger charge is -2.26. The topological polar surface area (TPSA) is 49.3 Å². The normalized spacial score (nSPS) is 23.7. The van der Waals surface area contributed by atoms with Crippen molar-refractivity contribution < 1.29 is 9.90 Å². The zero-order valence-corrected chi connectivity index (χ0v) is 13.1. The molecule has 0 aliphatic heterocycles. The first-order valence-corrected chi connectivity index (χ1v) is 8.08. The molecule has 1 atom stereocenters. The molecule has 1 aromatic carbocycles. The van der Waals surface area contributed by atoms with Gasteiger partial charge in [-0.3, -0.25) is 4.79 Å². The van der Waals surface area contributed by atoms with Crippen LogP contribution in [0.25, 0.3) is 0 Å². The van der Waals surface area contributed by atoms with E-state index in [9.17, 15) is 4.79 Å². The van der Waals surface area contributed by atoms with Crippen LogP contribution in [0, 0.1) is 11.8 Å². The summed E-state index contributed by atoms with van der Waals surface area (Å²) in [6, 6.07) is 7.92. The van der Waals surface area contributed by atoms with Crippen LogP contribution < -0.4 is 5.32 Å². The second kappa shape index (κ2) is 7.60. The minimum Gasteiger partial charge on any atom is -0.481 e. The molecule has 0 aromatic heterocycles. The van der Waals surface area contributed by atoms with Crippen LogP contribution in [0.4, 0.5) is 0 Å². The van der Waals surface area contributed by atoms with Crippen LogP contribution in [0.5, 0.6) is 0 Å². The van der Waals surface area contributed by atoms with Gasteiger partial charge in [-0.05, 0) is 49.3 Å². The van der Waals surface area contributed by atoms with Gasteiger partial charge in [0.1, 0.15) is 0 Å². The fourth-order valence-corrected chi connectivity index (χ4v) is 3.02. The molecule has 1 fully saturated rings. The number of carboxylic acid groups (broad SMARTS) is 1. The van der Waals surface area contributed by atoms with Gasteiger partial charge in [-0.25, -0.2) is 0 Å². The number of hydrogen-bond acceptors (Lipinski definition) is 2. The van der Waals surface area contributed by atoms with Crippen molar-refractivity contribution in [2.75, 3.05) is 6.54 Å². The maximum atomic E-state index is 10.9. The SMILES string of the molecule is CC1CCC(CNCc2ccc(C(C)C(=O)O)cc2)CC1. The standard InChI is InChI=1S/C18H27NO2/c1-13-3-5-15(6-4-13)11-19-12-16-7-9-17(10-8-16)14(2)18(20)21/h7-10,13-15,19H,3-6,11-12H2,1-2H3,(H,20,21). The molecule has 0 heterocycles. The lowest BCUT2D eigenvalue weighted by atomic mass is 9.83. The van der Waals surface area contributed by atoms with E-state index in [-0.39, 0.29) is 0 Å². The molecule has 1 aliphatic carbocycles. The Hall–Kier alpha value is -1.35. The van der Waals surface area contributed by atoms with Gasteiger partial charge in [0, 0.05) is 6.54 Å². The molecule has 1 saturated carbocycles. The summed E-state index contributed by atoms with van der Waals surface area (Å²) in [5.41, 5.74) is 2.09. The average Bonchev–Trinajstić information content (AvgIpc) is 2.49. The molecular formula is C18H27NO2. The van der Waals surface area contributed by atoms with Crippen molar-refractivity contribution >= 4 is 5.97 Å². The summed E-state index contributed by atoms with van der Waals surface area (Å²) < 4.78 is 0. The van der Waals surface area contributed by atoms with Gasteiger partial charge < -0.3 is 10.4 Å². The second-order valence-electron chi connectivity index (χ2n) is 6.56. The number of carboxylic acids is 1. The number of nitrogens with one attached hydrogen (secondary N) is 1. The van der Waals surface area contributed by atoms with E-state index in [1.54, 1.807) is 6.92 Å². The Morgan fingerprint density at radius 3 is 2.43 bits per heavy atom. The number of rotatable bonds is 6. The lowest BCUT2D eigenvalue weighted by Crippen LogP contribution is -2.25. The van der Waals surface area contributed by atoms with Crippen LogP contribution in [0.15, 0.2) is 24.3 Å². The van der Waals surface area contributed by atoms with E-state index in [0.717, 1.165) is 30.5 Å². The van der Waals surface area contributed by atoms with Gasteiger partial charge in [0.15, 0.2) is 0 Å². The summed E-state index contributed by atoms with van der Waals surface area (Å²) in [4.78, 5) is 10.9. The first-order chi connectivity index (χ1) is 10.1. The maximum Gasteiger partial charge on any atom is 0.310 e. The van der Waals surface area contributed by atoms with Crippen LogP contribution in [0.1, 0.15) is 56.6 Å². The third kappa shape index (κ3) is 4.85. The highest BCUT2D eigenvalue weighted by Gasteiger charge is 2.17. The summed E-state index contributed by atoms with van der Waals surface area (Å²) in [6.07, 6.45) is 5.44. The molecule has 2 rings (SSSR count). The zero-order valence-electron chi connectivity index (χ0n) is 13.1. The number of hydrogen-bond donors (Lipinski definition) is 2. The lowest BCUT2D eigenvalue weighted by molar-refractivity contribution is -0.138. The van der Waals surface area contributed by atoms with E-state index < -0.39 is 11.9 Å². The Morgan fingerprint density at radius 2 is 1.86 bits per heavy atom. The molecule has 0 bridgehead atoms. The van der Waals surface area contributed by atoms with Gasteiger partial charge in [-0.2, -0.15) is 0 Å². The molecule has 1 aromatic rings. The first kappa shape index (κ1) is 16.0. The molecule has 0 radical (unpaired) electrons. The quantitative estimate of drug-likeness (QED) is 0.837. The Kier molecular flexibility index (Phi) is 5.80. The number of carbonyl (C=O) groups is 1. The number of benzene rings is 1. The summed E-state index contributed by atoms with van der Waals surface area (Å²) >= 11 is 0. The first-order valence-electron chi connectivity index (χ1n) is 8.08. The molecule has 21 heavy (non-hydrogen) atoms. The van der Waals surface area contributed by atoms with Crippen molar-refractivity contribution in [3.8, 4) is 0 Å². The molecule has 3 heteroatoms. The van der Waals surface area contributed by atoms with Crippen molar-refractivity contribution in [3.05, 3.63) is 35.4 Å². The number of aliphatic carboxylic acids is 1. The highest BCUT2D eigenvalue weighted by atomic mass is 16.4. The van der Waals surface area contributed by atoms with Crippen LogP contribution in [0.3, 0.4) is 0 Å². The smallest absolute Gasteiger partial charge is 0.310 e. The molecular weight excluding hydrogens is 262 g/mol. The van der Waals surface area contributed by atoms with Crippen LogP contribution in [-0.4, -0.2) is 17.6 Å². The Labute approximate surface area is 127 Å². The van der Waals surface area contributed by atoms with Crippen LogP contribution >= 0.6 is 0 Å². The minimum atomic E-state index is -0.771. The molecule has 116 valence electrons. The molecule has 0 amide bonds. The third-order valence-electron chi connectivity index (χ3n) is 4.75. The predicted octanol–water partition coefficient (Wildman–Crippen LogP) is 3.79. The predicted molar refractivity (Wildman–Crippen MR) is 85.3 cm³/mol. The molecule has 0 spiro atoms. The van der Waals surface area contributed by atoms with Crippen molar-refractivity contribution in [3.63, 3.8) is 0 Å². The average molecular weight is 289 g/mol. The fraction of sp³-hybridized carbons (Fsp3) is 0.611. The van der Waals surface area contributed by atoms with Crippen molar-refractivity contribution in [1.82, 2.24) is 5.32 Å². The Morgan fingerprint density at radius 1 is 1.24 bits per heavy atom. The van der Waals surface area contributed by atoms with Crippen LogP contribution in [-0.2, 0) is 11.3 Å². The van der Waals surface area contributed by atoms with Gasteiger partial charge in [0.25, 0.3) is 0 Å². The summed E-state index contributed by atoms with van der Waals surface area (Å²) in [5, 5.41) is 12.5. The van der Waals surface area contributed by atoms with Crippen LogP contribution in [0.2, 0.25) is 0 Å². The largest absolute Gasteiger partial charge is 0.481 e. The molecule has 0 saturated heterocycles. The molecule has 1 aliphatic rings. The van der Waals surface area contributed by atoms with E-state index in [2.05, 4.69) is 12.2 Å². The zero-order chi connectivity index (χ0) is 15.2. The summed E-state index contributed by atoms with van der Waals surface area (Å²) in [6.45, 7) is 6.04. The molecule has 1 unspecified atom stereocenters. The molecule has 2 N–H and O–H groups in total. The van der Waals surface area contributed by atoms with Gasteiger partial charge in [-0.15, -0.1) is 0 Å². The highest BCUT2D eigenvalue weighted by molar-refractivity contribution is 5.75. The highest BCUT2D eigenvalue weighted by Crippen LogP contribution is 2.27. The van der Waals surface area contributed by atoms with Gasteiger partial charge >= 0.3 is 5.97 Å². The van der Waals surface area contributed by atoms with Gasteiger partial charge in [0.2, 0.25) is 0 Å². The van der Waals surface area contributed by atoms with Crippen molar-refractivity contribution in [2.24, 2.45) is 11.8 Å². The monoisotopic (exact) mass is 289 g/mol.